The van der Waals surface area contributed by atoms with Crippen molar-refractivity contribution < 1.29 is 24.2 Å². The molecule has 0 spiro atoms. The Hall–Kier alpha value is -2.09. The van der Waals surface area contributed by atoms with E-state index in [0.29, 0.717) is 18.1 Å². The number of aromatic nitrogens is 1. The molecule has 1 aromatic rings. The molecule has 0 fully saturated rings. The third kappa shape index (κ3) is 4.96. The van der Waals surface area contributed by atoms with Crippen LogP contribution in [0.3, 0.4) is 0 Å². The van der Waals surface area contributed by atoms with Gasteiger partial charge in [-0.1, -0.05) is 6.92 Å². The molecule has 0 saturated heterocycles. The fraction of sp³-hybridized carbons (Fsp3) is 0.545. The summed E-state index contributed by atoms with van der Waals surface area (Å²) in [4.78, 5) is 26.1. The first-order chi connectivity index (χ1) is 9.06. The molecule has 0 aromatic carbocycles. The van der Waals surface area contributed by atoms with Gasteiger partial charge in [-0.2, -0.15) is 0 Å². The smallest absolute Gasteiger partial charge is 0.326 e. The first-order valence-electron chi connectivity index (χ1n) is 5.88. The molecular weight excluding hydrogens is 254 g/mol. The topological polar surface area (TPSA) is 125 Å². The van der Waals surface area contributed by atoms with Gasteiger partial charge < -0.3 is 25.3 Å². The van der Waals surface area contributed by atoms with Crippen LogP contribution in [0.1, 0.15) is 25.0 Å². The van der Waals surface area contributed by atoms with Crippen LogP contribution in [0, 0.1) is 0 Å². The normalized spacial score (nSPS) is 11.9. The highest BCUT2D eigenvalue weighted by Gasteiger charge is 2.19. The predicted molar refractivity (Wildman–Crippen MR) is 64.4 cm³/mol. The maximum atomic E-state index is 11.4. The van der Waals surface area contributed by atoms with E-state index >= 15 is 0 Å². The molecule has 8 heteroatoms. The molecule has 19 heavy (non-hydrogen) atoms. The van der Waals surface area contributed by atoms with Gasteiger partial charge in [0.2, 0.25) is 5.89 Å². The van der Waals surface area contributed by atoms with Gasteiger partial charge in [0, 0.05) is 19.4 Å². The largest absolute Gasteiger partial charge is 0.480 e. The molecule has 0 saturated carbocycles. The minimum absolute atomic E-state index is 0.0538. The summed E-state index contributed by atoms with van der Waals surface area (Å²) in [5.74, 6) is -0.143. The Morgan fingerprint density at radius 3 is 2.79 bits per heavy atom. The highest BCUT2D eigenvalue weighted by Crippen LogP contribution is 2.03. The van der Waals surface area contributed by atoms with Crippen molar-refractivity contribution in [2.45, 2.75) is 32.4 Å². The van der Waals surface area contributed by atoms with Crippen molar-refractivity contribution in [1.82, 2.24) is 15.6 Å². The number of aliphatic hydroxyl groups excluding tert-OH is 1. The zero-order valence-corrected chi connectivity index (χ0v) is 10.5. The van der Waals surface area contributed by atoms with E-state index in [-0.39, 0.29) is 19.6 Å². The predicted octanol–water partition coefficient (Wildman–Crippen LogP) is -0.128. The number of nitrogens with zero attached hydrogens (tertiary/aromatic N) is 1. The summed E-state index contributed by atoms with van der Waals surface area (Å²) in [7, 11) is 0. The number of aliphatic hydroxyl groups is 1. The Morgan fingerprint density at radius 1 is 1.53 bits per heavy atom. The standard InChI is InChI=1S/C11H17N3O5/c1-2-7-5-12-9(19-7)6-13-11(18)14-8(3-4-15)10(16)17/h5,8,15H,2-4,6H2,1H3,(H,16,17)(H2,13,14,18)/t8-/m0/s1. The number of carboxylic acids is 1. The number of amides is 2. The van der Waals surface area contributed by atoms with E-state index in [1.165, 1.54) is 0 Å². The van der Waals surface area contributed by atoms with Crippen molar-refractivity contribution in [3.8, 4) is 0 Å². The molecule has 0 aliphatic carbocycles. The average molecular weight is 271 g/mol. The number of urea groups is 1. The van der Waals surface area contributed by atoms with Crippen LogP contribution in [0.4, 0.5) is 4.79 Å². The monoisotopic (exact) mass is 271 g/mol. The second kappa shape index (κ2) is 7.37. The van der Waals surface area contributed by atoms with Crippen LogP contribution in [-0.2, 0) is 17.8 Å². The number of nitrogens with one attached hydrogen (secondary N) is 2. The summed E-state index contributed by atoms with van der Waals surface area (Å²) in [6, 6.07) is -1.78. The van der Waals surface area contributed by atoms with Crippen LogP contribution in [0.15, 0.2) is 10.6 Å². The van der Waals surface area contributed by atoms with E-state index in [1.807, 2.05) is 6.92 Å². The van der Waals surface area contributed by atoms with Gasteiger partial charge in [-0.25, -0.2) is 14.6 Å². The third-order valence-corrected chi connectivity index (χ3v) is 2.37. The Labute approximate surface area is 109 Å². The zero-order chi connectivity index (χ0) is 14.3. The van der Waals surface area contributed by atoms with Gasteiger partial charge in [0.15, 0.2) is 0 Å². The van der Waals surface area contributed by atoms with Crippen LogP contribution >= 0.6 is 0 Å². The molecule has 0 bridgehead atoms. The van der Waals surface area contributed by atoms with Crippen molar-refractivity contribution in [2.75, 3.05) is 6.61 Å². The number of hydrogen-bond donors (Lipinski definition) is 4. The quantitative estimate of drug-likeness (QED) is 0.547. The van der Waals surface area contributed by atoms with E-state index in [2.05, 4.69) is 15.6 Å². The van der Waals surface area contributed by atoms with Crippen molar-refractivity contribution in [1.29, 1.82) is 0 Å². The van der Waals surface area contributed by atoms with Gasteiger partial charge in [0.25, 0.3) is 0 Å². The van der Waals surface area contributed by atoms with Crippen LogP contribution in [0.2, 0.25) is 0 Å². The molecule has 0 aliphatic rings. The lowest BCUT2D eigenvalue weighted by Gasteiger charge is -2.13. The molecule has 1 aromatic heterocycles. The molecule has 0 aliphatic heterocycles. The zero-order valence-electron chi connectivity index (χ0n) is 10.5. The van der Waals surface area contributed by atoms with Crippen molar-refractivity contribution >= 4 is 12.0 Å². The highest BCUT2D eigenvalue weighted by molar-refractivity contribution is 5.82. The molecular formula is C11H17N3O5. The van der Waals surface area contributed by atoms with Crippen molar-refractivity contribution in [3.63, 3.8) is 0 Å². The van der Waals surface area contributed by atoms with Gasteiger partial charge in [0.05, 0.1) is 12.7 Å². The summed E-state index contributed by atoms with van der Waals surface area (Å²) < 4.78 is 5.27. The highest BCUT2D eigenvalue weighted by atomic mass is 16.4. The Bertz CT molecular complexity index is 432. The molecule has 8 nitrogen and oxygen atoms in total. The number of aliphatic carboxylic acids is 1. The summed E-state index contributed by atoms with van der Waals surface area (Å²) in [6.45, 7) is 1.66. The fourth-order valence-electron chi connectivity index (χ4n) is 1.34. The van der Waals surface area contributed by atoms with Gasteiger partial charge in [-0.05, 0) is 0 Å². The molecule has 106 valence electrons. The maximum absolute atomic E-state index is 11.4. The molecule has 0 radical (unpaired) electrons. The average Bonchev–Trinajstić information content (AvgIpc) is 2.83. The Balaban J connectivity index is 2.40. The van der Waals surface area contributed by atoms with Gasteiger partial charge in [-0.3, -0.25) is 0 Å². The number of oxazole rings is 1. The first-order valence-corrected chi connectivity index (χ1v) is 5.88. The molecule has 1 rings (SSSR count). The summed E-state index contributed by atoms with van der Waals surface area (Å²) in [5, 5.41) is 22.1. The molecule has 0 unspecified atom stereocenters. The van der Waals surface area contributed by atoms with E-state index in [9.17, 15) is 9.59 Å². The first kappa shape index (κ1) is 15.0. The second-order valence-corrected chi connectivity index (χ2v) is 3.80. The number of hydrogen-bond acceptors (Lipinski definition) is 5. The van der Waals surface area contributed by atoms with Gasteiger partial charge >= 0.3 is 12.0 Å². The minimum atomic E-state index is -1.20. The maximum Gasteiger partial charge on any atom is 0.326 e. The molecule has 2 amide bonds. The lowest BCUT2D eigenvalue weighted by molar-refractivity contribution is -0.139. The minimum Gasteiger partial charge on any atom is -0.480 e. The van der Waals surface area contributed by atoms with Crippen LogP contribution in [0.5, 0.6) is 0 Å². The lowest BCUT2D eigenvalue weighted by Crippen LogP contribution is -2.46. The van der Waals surface area contributed by atoms with E-state index in [0.717, 1.165) is 0 Å². The second-order valence-electron chi connectivity index (χ2n) is 3.80. The van der Waals surface area contributed by atoms with E-state index in [4.69, 9.17) is 14.6 Å². The van der Waals surface area contributed by atoms with Gasteiger partial charge in [-0.15, -0.1) is 0 Å². The molecule has 1 atom stereocenters. The van der Waals surface area contributed by atoms with Crippen molar-refractivity contribution in [2.24, 2.45) is 0 Å². The summed E-state index contributed by atoms with van der Waals surface area (Å²) >= 11 is 0. The SMILES string of the molecule is CCc1cnc(CNC(=O)N[C@@H](CCO)C(=O)O)o1. The Kier molecular flexibility index (Phi) is 5.80. The number of carboxylic acid groups (broad SMARTS) is 1. The third-order valence-electron chi connectivity index (χ3n) is 2.37. The van der Waals surface area contributed by atoms with E-state index in [1.54, 1.807) is 6.20 Å². The van der Waals surface area contributed by atoms with Crippen LogP contribution in [0.25, 0.3) is 0 Å². The van der Waals surface area contributed by atoms with Crippen molar-refractivity contribution in [3.05, 3.63) is 17.8 Å². The number of carbonyl (C=O) groups excluding carboxylic acids is 1. The molecule has 1 heterocycles. The summed E-state index contributed by atoms with van der Waals surface area (Å²) in [5.41, 5.74) is 0. The fourth-order valence-corrected chi connectivity index (χ4v) is 1.34. The lowest BCUT2D eigenvalue weighted by atomic mass is 10.2. The summed E-state index contributed by atoms with van der Waals surface area (Å²) in [6.07, 6.45) is 2.22. The van der Waals surface area contributed by atoms with E-state index < -0.39 is 18.0 Å². The van der Waals surface area contributed by atoms with Crippen LogP contribution in [-0.4, -0.2) is 39.8 Å². The number of carbonyl (C=O) groups is 2. The molecule has 4 N–H and O–H groups in total. The number of aryl methyl sites for hydroxylation is 1. The number of rotatable bonds is 7. The Morgan fingerprint density at radius 2 is 2.26 bits per heavy atom. The van der Waals surface area contributed by atoms with Crippen LogP contribution < -0.4 is 10.6 Å². The van der Waals surface area contributed by atoms with Gasteiger partial charge in [0.1, 0.15) is 11.8 Å².